The Balaban J connectivity index is 1.64. The van der Waals surface area contributed by atoms with Crippen LogP contribution < -0.4 is 10.6 Å². The number of hydrogen-bond donors (Lipinski definition) is 2. The molecular formula is C36H52BrN5O6. The van der Waals surface area contributed by atoms with E-state index in [1.807, 2.05) is 30.9 Å². The van der Waals surface area contributed by atoms with E-state index in [1.165, 1.54) is 0 Å². The van der Waals surface area contributed by atoms with Crippen molar-refractivity contribution in [3.63, 3.8) is 0 Å². The molecule has 0 radical (unpaired) electrons. The fourth-order valence-electron chi connectivity index (χ4n) is 6.57. The number of halogens is 1. The molecule has 2 heterocycles. The summed E-state index contributed by atoms with van der Waals surface area (Å²) in [5.74, 6) is -0.414. The van der Waals surface area contributed by atoms with Gasteiger partial charge in [0.25, 0.3) is 5.91 Å². The van der Waals surface area contributed by atoms with Crippen LogP contribution in [-0.2, 0) is 20.7 Å². The highest BCUT2D eigenvalue weighted by atomic mass is 79.9. The van der Waals surface area contributed by atoms with Gasteiger partial charge in [0.15, 0.2) is 0 Å². The van der Waals surface area contributed by atoms with Gasteiger partial charge in [-0.25, -0.2) is 9.59 Å². The van der Waals surface area contributed by atoms with E-state index in [2.05, 4.69) is 50.7 Å². The molecular weight excluding hydrogens is 678 g/mol. The van der Waals surface area contributed by atoms with E-state index in [0.29, 0.717) is 56.5 Å². The summed E-state index contributed by atoms with van der Waals surface area (Å²) in [7, 11) is 2.06. The number of hydrogen-bond acceptors (Lipinski definition) is 7. The van der Waals surface area contributed by atoms with Gasteiger partial charge >= 0.3 is 12.2 Å². The first-order valence-corrected chi connectivity index (χ1v) is 17.8. The van der Waals surface area contributed by atoms with Gasteiger partial charge in [-0.3, -0.25) is 19.1 Å². The molecule has 0 spiro atoms. The van der Waals surface area contributed by atoms with Crippen molar-refractivity contribution >= 4 is 56.4 Å². The molecule has 264 valence electrons. The number of carbonyl (C=O) groups is 4. The summed E-state index contributed by atoms with van der Waals surface area (Å²) in [5, 5.41) is 6.55. The number of likely N-dealkylation sites (N-methyl/N-ethyl adjacent to an activating group) is 1. The largest absolute Gasteiger partial charge is 0.444 e. The van der Waals surface area contributed by atoms with Crippen LogP contribution in [-0.4, -0.2) is 94.9 Å². The van der Waals surface area contributed by atoms with Crippen molar-refractivity contribution in [1.29, 1.82) is 0 Å². The van der Waals surface area contributed by atoms with Crippen LogP contribution in [0.15, 0.2) is 28.9 Å². The Morgan fingerprint density at radius 1 is 1.00 bits per heavy atom. The van der Waals surface area contributed by atoms with Crippen LogP contribution in [0.5, 0.6) is 0 Å². The quantitative estimate of drug-likeness (QED) is 0.273. The molecule has 0 saturated heterocycles. The highest BCUT2D eigenvalue weighted by Gasteiger charge is 2.39. The van der Waals surface area contributed by atoms with E-state index in [0.717, 1.165) is 27.6 Å². The molecule has 2 aliphatic rings. The minimum atomic E-state index is -0.884. The number of aromatic nitrogens is 1. The fraction of sp³-hybridized carbons (Fsp3) is 0.611. The van der Waals surface area contributed by atoms with Gasteiger partial charge in [-0.15, -0.1) is 0 Å². The lowest BCUT2D eigenvalue weighted by Crippen LogP contribution is -2.47. The highest BCUT2D eigenvalue weighted by Crippen LogP contribution is 2.45. The molecule has 1 unspecified atom stereocenters. The van der Waals surface area contributed by atoms with Gasteiger partial charge < -0.3 is 25.0 Å². The van der Waals surface area contributed by atoms with Crippen molar-refractivity contribution in [3.05, 3.63) is 40.0 Å². The number of nitrogens with one attached hydrogen (secondary N) is 2. The Kier molecular flexibility index (Phi) is 11.7. The van der Waals surface area contributed by atoms with Crippen molar-refractivity contribution in [2.24, 2.45) is 5.92 Å². The summed E-state index contributed by atoms with van der Waals surface area (Å²) in [5.41, 5.74) is 2.54. The van der Waals surface area contributed by atoms with Crippen LogP contribution in [0.2, 0.25) is 0 Å². The molecule has 4 rings (SSSR count). The molecule has 0 bridgehead atoms. The van der Waals surface area contributed by atoms with Gasteiger partial charge in [-0.2, -0.15) is 0 Å². The third kappa shape index (κ3) is 8.61. The topological polar surface area (TPSA) is 122 Å². The number of alkyl carbamates (subject to hydrolysis) is 2. The van der Waals surface area contributed by atoms with Gasteiger partial charge in [-0.1, -0.05) is 18.2 Å². The van der Waals surface area contributed by atoms with Crippen LogP contribution in [0.4, 0.5) is 9.59 Å². The van der Waals surface area contributed by atoms with Crippen LogP contribution >= 0.6 is 15.9 Å². The van der Waals surface area contributed by atoms with Gasteiger partial charge in [-0.05, 0) is 127 Å². The standard InChI is InChI=1S/C36H52BrN5O6/c1-10-41(11-2)31(43)22-19-24-23-15-14-17-27-29(23)25(20-28(24)40(9)21-22)30(37)42(27)32(44)26(39-34(46)48-36(6,7)8)16-12-13-18-38-33(45)47-35(3,4)5/h14-15,17,19,22,26,28H,10-13,16,18,20-21H2,1-9H3,(H,38,45)(H,39,46)/t22-,26-,28?/m0/s1. The summed E-state index contributed by atoms with van der Waals surface area (Å²) < 4.78 is 13.2. The number of carbonyl (C=O) groups excluding carboxylic acids is 4. The average Bonchev–Trinajstić information content (AvgIpc) is 3.27. The maximum atomic E-state index is 14.4. The molecule has 1 aliphatic carbocycles. The second kappa shape index (κ2) is 15.0. The number of amides is 3. The van der Waals surface area contributed by atoms with E-state index in [4.69, 9.17) is 9.47 Å². The lowest BCUT2D eigenvalue weighted by atomic mass is 9.79. The minimum Gasteiger partial charge on any atom is -0.444 e. The highest BCUT2D eigenvalue weighted by molar-refractivity contribution is 9.10. The average molecular weight is 731 g/mol. The lowest BCUT2D eigenvalue weighted by Gasteiger charge is -2.40. The number of rotatable bonds is 10. The molecule has 12 heteroatoms. The molecule has 3 atom stereocenters. The van der Waals surface area contributed by atoms with E-state index < -0.39 is 29.4 Å². The van der Waals surface area contributed by atoms with Crippen molar-refractivity contribution in [2.45, 2.75) is 104 Å². The van der Waals surface area contributed by atoms with Gasteiger partial charge in [0.05, 0.1) is 16.0 Å². The maximum Gasteiger partial charge on any atom is 0.408 e. The zero-order valence-electron chi connectivity index (χ0n) is 29.9. The Bertz CT molecular complexity index is 1560. The van der Waals surface area contributed by atoms with Crippen LogP contribution in [0.3, 0.4) is 0 Å². The third-order valence-corrected chi connectivity index (χ3v) is 9.52. The summed E-state index contributed by atoms with van der Waals surface area (Å²) >= 11 is 3.79. The Morgan fingerprint density at radius 3 is 2.27 bits per heavy atom. The first kappa shape index (κ1) is 37.4. The molecule has 11 nitrogen and oxygen atoms in total. The van der Waals surface area contributed by atoms with Crippen molar-refractivity contribution in [3.8, 4) is 0 Å². The fourth-order valence-corrected chi connectivity index (χ4v) is 7.30. The molecule has 0 fully saturated rings. The lowest BCUT2D eigenvalue weighted by molar-refractivity contribution is -0.134. The molecule has 1 aromatic carbocycles. The molecule has 1 aliphatic heterocycles. The SMILES string of the molecule is CCN(CC)C(=O)[C@H]1C=C2c3cccc4c3c(c(Br)n4C(=O)[C@H](CCCCNC(=O)OC(C)(C)C)NC(=O)OC(C)(C)C)CC2N(C)C1. The number of unbranched alkanes of at least 4 members (excludes halogenated alkanes) is 1. The summed E-state index contributed by atoms with van der Waals surface area (Å²) in [4.78, 5) is 57.0. The molecule has 0 saturated carbocycles. The number of ether oxygens (including phenoxy) is 2. The van der Waals surface area contributed by atoms with E-state index >= 15 is 0 Å². The van der Waals surface area contributed by atoms with Crippen molar-refractivity contribution in [2.75, 3.05) is 33.2 Å². The monoisotopic (exact) mass is 729 g/mol. The zero-order chi connectivity index (χ0) is 35.6. The first-order valence-electron chi connectivity index (χ1n) is 17.0. The van der Waals surface area contributed by atoms with Gasteiger partial charge in [0, 0.05) is 37.6 Å². The predicted octanol–water partition coefficient (Wildman–Crippen LogP) is 6.37. The number of nitrogens with zero attached hydrogens (tertiary/aromatic N) is 3. The van der Waals surface area contributed by atoms with Crippen molar-refractivity contribution in [1.82, 2.24) is 25.0 Å². The van der Waals surface area contributed by atoms with Gasteiger partial charge in [0.2, 0.25) is 5.91 Å². The minimum absolute atomic E-state index is 0.0549. The Hall–Kier alpha value is -3.38. The summed E-state index contributed by atoms with van der Waals surface area (Å²) in [6.45, 7) is 17.1. The molecule has 3 amide bonds. The zero-order valence-corrected chi connectivity index (χ0v) is 31.5. The van der Waals surface area contributed by atoms with Crippen molar-refractivity contribution < 1.29 is 28.7 Å². The summed E-state index contributed by atoms with van der Waals surface area (Å²) in [6, 6.07) is 5.10. The molecule has 1 aromatic heterocycles. The maximum absolute atomic E-state index is 14.4. The smallest absolute Gasteiger partial charge is 0.408 e. The van der Waals surface area contributed by atoms with E-state index in [1.54, 1.807) is 46.1 Å². The molecule has 2 aromatic rings. The first-order chi connectivity index (χ1) is 22.5. The summed E-state index contributed by atoms with van der Waals surface area (Å²) in [6.07, 6.45) is 3.10. The van der Waals surface area contributed by atoms with Crippen LogP contribution in [0, 0.1) is 5.92 Å². The third-order valence-electron chi connectivity index (χ3n) is 8.68. The Labute approximate surface area is 292 Å². The second-order valence-corrected chi connectivity index (χ2v) is 15.4. The number of benzene rings is 1. The predicted molar refractivity (Wildman–Crippen MR) is 191 cm³/mol. The van der Waals surface area contributed by atoms with E-state index in [-0.39, 0.29) is 23.8 Å². The normalized spacial score (nSPS) is 18.4. The van der Waals surface area contributed by atoms with E-state index in [9.17, 15) is 19.2 Å². The Morgan fingerprint density at radius 2 is 1.65 bits per heavy atom. The van der Waals surface area contributed by atoms with Gasteiger partial charge in [0.1, 0.15) is 17.2 Å². The number of fused-ring (bicyclic) bond motifs is 2. The second-order valence-electron chi connectivity index (χ2n) is 14.7. The molecule has 48 heavy (non-hydrogen) atoms. The van der Waals surface area contributed by atoms with Crippen LogP contribution in [0.1, 0.15) is 90.6 Å². The molecule has 2 N–H and O–H groups in total. The van der Waals surface area contributed by atoms with Crippen LogP contribution in [0.25, 0.3) is 16.5 Å².